The number of hydrogen-bond acceptors (Lipinski definition) is 2. The zero-order valence-corrected chi connectivity index (χ0v) is 9.58. The van der Waals surface area contributed by atoms with Crippen molar-refractivity contribution in [2.24, 2.45) is 0 Å². The van der Waals surface area contributed by atoms with E-state index in [1.165, 1.54) is 0 Å². The first kappa shape index (κ1) is 11.5. The Morgan fingerprint density at radius 2 is 1.79 bits per heavy atom. The van der Waals surface area contributed by atoms with Crippen LogP contribution in [0.2, 0.25) is 0 Å². The zero-order valence-electron chi connectivity index (χ0n) is 9.58. The Morgan fingerprint density at radius 1 is 1.29 bits per heavy atom. The van der Waals surface area contributed by atoms with Crippen molar-refractivity contribution in [3.8, 4) is 0 Å². The third-order valence-electron chi connectivity index (χ3n) is 2.98. The van der Waals surface area contributed by atoms with Gasteiger partial charge in [-0.15, -0.1) is 0 Å². The van der Waals surface area contributed by atoms with E-state index in [-0.39, 0.29) is 5.91 Å². The fourth-order valence-electron chi connectivity index (χ4n) is 1.39. The predicted molar refractivity (Wildman–Crippen MR) is 56.2 cm³/mol. The average Bonchev–Trinajstić information content (AvgIpc) is 2.17. The second-order valence-corrected chi connectivity index (χ2v) is 4.42. The summed E-state index contributed by atoms with van der Waals surface area (Å²) < 4.78 is 0. The minimum atomic E-state index is -0.405. The molecule has 1 amide bonds. The van der Waals surface area contributed by atoms with Crippen molar-refractivity contribution in [1.82, 2.24) is 15.1 Å². The molecular weight excluding hydrogens is 178 g/mol. The van der Waals surface area contributed by atoms with Crippen molar-refractivity contribution in [1.29, 1.82) is 0 Å². The van der Waals surface area contributed by atoms with Gasteiger partial charge in [0.25, 0.3) is 0 Å². The smallest absolute Gasteiger partial charge is 0.242 e. The topological polar surface area (TPSA) is 37.7 Å². The molecule has 1 radical (unpaired) electrons. The van der Waals surface area contributed by atoms with Crippen LogP contribution in [0.4, 0.5) is 0 Å². The first-order chi connectivity index (χ1) is 6.46. The summed E-state index contributed by atoms with van der Waals surface area (Å²) in [5.74, 6) is 0.206. The first-order valence-corrected chi connectivity index (χ1v) is 5.06. The second-order valence-electron chi connectivity index (χ2n) is 4.42. The molecule has 1 fully saturated rings. The number of likely N-dealkylation sites (N-methyl/N-ethyl adjacent to an activating group) is 1. The summed E-state index contributed by atoms with van der Waals surface area (Å²) in [5, 5.41) is 4.23. The molecule has 1 rings (SSSR count). The van der Waals surface area contributed by atoms with E-state index in [9.17, 15) is 4.79 Å². The molecule has 0 aromatic heterocycles. The summed E-state index contributed by atoms with van der Waals surface area (Å²) in [4.78, 5) is 16.0. The lowest BCUT2D eigenvalue weighted by molar-refractivity contribution is -0.141. The molecule has 0 saturated carbocycles. The lowest BCUT2D eigenvalue weighted by Gasteiger charge is -2.37. The Bertz CT molecular complexity index is 207. The molecule has 81 valence electrons. The van der Waals surface area contributed by atoms with Gasteiger partial charge in [0.1, 0.15) is 0 Å². The molecule has 0 aromatic carbocycles. The van der Waals surface area contributed by atoms with Crippen LogP contribution in [0.25, 0.3) is 0 Å². The molecule has 0 atom stereocenters. The van der Waals surface area contributed by atoms with Crippen LogP contribution in [-0.4, -0.2) is 61.5 Å². The molecule has 4 heteroatoms. The van der Waals surface area contributed by atoms with Gasteiger partial charge in [0, 0.05) is 26.2 Å². The average molecular weight is 198 g/mol. The van der Waals surface area contributed by atoms with E-state index in [0.717, 1.165) is 26.2 Å². The Kier molecular flexibility index (Phi) is 3.50. The van der Waals surface area contributed by atoms with Gasteiger partial charge in [-0.3, -0.25) is 9.69 Å². The Hall–Kier alpha value is -0.610. The third kappa shape index (κ3) is 2.25. The molecule has 0 bridgehead atoms. The molecule has 0 spiro atoms. The number of carbonyl (C=O) groups excluding carboxylic acids is 1. The Morgan fingerprint density at radius 3 is 2.21 bits per heavy atom. The van der Waals surface area contributed by atoms with E-state index in [0.29, 0.717) is 0 Å². The van der Waals surface area contributed by atoms with E-state index in [2.05, 4.69) is 5.32 Å². The van der Waals surface area contributed by atoms with E-state index < -0.39 is 5.54 Å². The largest absolute Gasteiger partial charge is 0.338 e. The summed E-state index contributed by atoms with van der Waals surface area (Å²) in [5.41, 5.74) is -0.405. The van der Waals surface area contributed by atoms with Crippen molar-refractivity contribution in [2.45, 2.75) is 19.4 Å². The van der Waals surface area contributed by atoms with Crippen LogP contribution in [0.3, 0.4) is 0 Å². The quantitative estimate of drug-likeness (QED) is 0.615. The van der Waals surface area contributed by atoms with Gasteiger partial charge in [0.15, 0.2) is 0 Å². The molecule has 4 nitrogen and oxygen atoms in total. The first-order valence-electron chi connectivity index (χ1n) is 5.06. The van der Waals surface area contributed by atoms with E-state index >= 15 is 0 Å². The van der Waals surface area contributed by atoms with Crippen LogP contribution in [0, 0.1) is 0 Å². The van der Waals surface area contributed by atoms with E-state index in [1.807, 2.05) is 37.7 Å². The SMILES string of the molecule is CN(C)C(C)(C)C(=O)N1CC[N]CC1. The second kappa shape index (κ2) is 4.28. The number of amides is 1. The van der Waals surface area contributed by atoms with Crippen LogP contribution in [0.15, 0.2) is 0 Å². The van der Waals surface area contributed by atoms with Gasteiger partial charge < -0.3 is 4.90 Å². The minimum absolute atomic E-state index is 0.206. The molecular formula is C10H20N3O. The van der Waals surface area contributed by atoms with Gasteiger partial charge >= 0.3 is 0 Å². The van der Waals surface area contributed by atoms with Crippen molar-refractivity contribution >= 4 is 5.91 Å². The van der Waals surface area contributed by atoms with Gasteiger partial charge in [-0.25, -0.2) is 5.32 Å². The highest BCUT2D eigenvalue weighted by Gasteiger charge is 2.34. The Labute approximate surface area is 86.2 Å². The summed E-state index contributed by atoms with van der Waals surface area (Å²) in [6, 6.07) is 0. The van der Waals surface area contributed by atoms with Gasteiger partial charge in [0.05, 0.1) is 5.54 Å². The monoisotopic (exact) mass is 198 g/mol. The highest BCUT2D eigenvalue weighted by Crippen LogP contribution is 2.14. The summed E-state index contributed by atoms with van der Waals surface area (Å²) >= 11 is 0. The molecule has 0 aliphatic carbocycles. The number of rotatable bonds is 2. The molecule has 0 N–H and O–H groups in total. The molecule has 14 heavy (non-hydrogen) atoms. The predicted octanol–water partition coefficient (Wildman–Crippen LogP) is -0.227. The van der Waals surface area contributed by atoms with Crippen LogP contribution >= 0.6 is 0 Å². The number of carbonyl (C=O) groups is 1. The van der Waals surface area contributed by atoms with Crippen LogP contribution in [0.1, 0.15) is 13.8 Å². The molecule has 1 aliphatic heterocycles. The molecule has 0 unspecified atom stereocenters. The maximum Gasteiger partial charge on any atom is 0.242 e. The minimum Gasteiger partial charge on any atom is -0.338 e. The van der Waals surface area contributed by atoms with Crippen molar-refractivity contribution in [2.75, 3.05) is 40.3 Å². The fraction of sp³-hybridized carbons (Fsp3) is 0.900. The van der Waals surface area contributed by atoms with Gasteiger partial charge in [-0.05, 0) is 27.9 Å². The zero-order chi connectivity index (χ0) is 10.8. The summed E-state index contributed by atoms with van der Waals surface area (Å²) in [6.07, 6.45) is 0. The summed E-state index contributed by atoms with van der Waals surface area (Å²) in [6.45, 7) is 7.04. The van der Waals surface area contributed by atoms with E-state index in [1.54, 1.807) is 0 Å². The van der Waals surface area contributed by atoms with Gasteiger partial charge in [-0.2, -0.15) is 0 Å². The van der Waals surface area contributed by atoms with Gasteiger partial charge in [-0.1, -0.05) is 0 Å². The van der Waals surface area contributed by atoms with Crippen molar-refractivity contribution in [3.05, 3.63) is 0 Å². The standard InChI is InChI=1S/C10H20N3O/c1-10(2,12(3)4)9(14)13-7-5-11-6-8-13/h5-8H2,1-4H3. The highest BCUT2D eigenvalue weighted by atomic mass is 16.2. The molecule has 1 aliphatic rings. The molecule has 1 saturated heterocycles. The Balaban J connectivity index is 2.63. The van der Waals surface area contributed by atoms with Crippen LogP contribution in [0.5, 0.6) is 0 Å². The van der Waals surface area contributed by atoms with Crippen molar-refractivity contribution < 1.29 is 4.79 Å². The lowest BCUT2D eigenvalue weighted by atomic mass is 10.0. The summed E-state index contributed by atoms with van der Waals surface area (Å²) in [7, 11) is 3.87. The van der Waals surface area contributed by atoms with Crippen LogP contribution < -0.4 is 5.32 Å². The van der Waals surface area contributed by atoms with Crippen LogP contribution in [-0.2, 0) is 4.79 Å². The maximum absolute atomic E-state index is 12.1. The van der Waals surface area contributed by atoms with E-state index in [4.69, 9.17) is 0 Å². The number of hydrogen-bond donors (Lipinski definition) is 0. The highest BCUT2D eigenvalue weighted by molar-refractivity contribution is 5.85. The molecule has 1 heterocycles. The lowest BCUT2D eigenvalue weighted by Crippen LogP contribution is -2.56. The number of nitrogens with zero attached hydrogens (tertiary/aromatic N) is 3. The van der Waals surface area contributed by atoms with Gasteiger partial charge in [0.2, 0.25) is 5.91 Å². The third-order valence-corrected chi connectivity index (χ3v) is 2.98. The van der Waals surface area contributed by atoms with Crippen molar-refractivity contribution in [3.63, 3.8) is 0 Å². The molecule has 0 aromatic rings. The fourth-order valence-corrected chi connectivity index (χ4v) is 1.39. The number of piperazine rings is 1. The normalized spacial score (nSPS) is 18.8. The maximum atomic E-state index is 12.1.